The summed E-state index contributed by atoms with van der Waals surface area (Å²) in [6, 6.07) is 15.6. The molecular weight excluding hydrogens is 360 g/mol. The van der Waals surface area contributed by atoms with Gasteiger partial charge in [-0.15, -0.1) is 21.5 Å². The van der Waals surface area contributed by atoms with Crippen molar-refractivity contribution in [1.29, 1.82) is 5.26 Å². The summed E-state index contributed by atoms with van der Waals surface area (Å²) < 4.78 is 0. The molecule has 130 valence electrons. The number of nitriles is 1. The lowest BCUT2D eigenvalue weighted by Gasteiger charge is -2.03. The van der Waals surface area contributed by atoms with Crippen molar-refractivity contribution in [2.75, 3.05) is 5.32 Å². The molecule has 0 atom stereocenters. The van der Waals surface area contributed by atoms with Crippen LogP contribution < -0.4 is 5.32 Å². The van der Waals surface area contributed by atoms with Crippen LogP contribution in [0.5, 0.6) is 0 Å². The Kier molecular flexibility index (Phi) is 4.63. The fourth-order valence-corrected chi connectivity index (χ4v) is 3.17. The van der Waals surface area contributed by atoms with Crippen LogP contribution in [0.4, 0.5) is 5.69 Å². The minimum atomic E-state index is 0.237. The molecule has 0 aliphatic rings. The van der Waals surface area contributed by atoms with Gasteiger partial charge in [0.1, 0.15) is 22.3 Å². The van der Waals surface area contributed by atoms with E-state index in [2.05, 4.69) is 35.9 Å². The standard InChI is InChI=1S/C18H12N8S/c19-9-13(17-23-25-26-24-17)10-21-14-5-3-4-12(8-14)18-22-16(11-27-18)15-6-1-2-7-20-15/h1-8,10-11,21H,(H,23,24,25,26). The van der Waals surface area contributed by atoms with E-state index in [1.54, 1.807) is 23.7 Å². The molecule has 0 radical (unpaired) electrons. The van der Waals surface area contributed by atoms with Crippen molar-refractivity contribution in [2.24, 2.45) is 0 Å². The topological polar surface area (TPSA) is 116 Å². The second-order valence-electron chi connectivity index (χ2n) is 5.38. The van der Waals surface area contributed by atoms with E-state index in [0.29, 0.717) is 0 Å². The Bertz CT molecular complexity index is 1110. The fourth-order valence-electron chi connectivity index (χ4n) is 2.36. The molecule has 1 aromatic carbocycles. The molecule has 0 fully saturated rings. The predicted octanol–water partition coefficient (Wildman–Crippen LogP) is 3.36. The Balaban J connectivity index is 1.57. The van der Waals surface area contributed by atoms with Crippen LogP contribution >= 0.6 is 11.3 Å². The Morgan fingerprint density at radius 1 is 1.19 bits per heavy atom. The summed E-state index contributed by atoms with van der Waals surface area (Å²) in [6.07, 6.45) is 3.30. The number of nitrogens with one attached hydrogen (secondary N) is 2. The number of nitrogens with zero attached hydrogens (tertiary/aromatic N) is 6. The van der Waals surface area contributed by atoms with Gasteiger partial charge in [-0.05, 0) is 29.5 Å². The lowest BCUT2D eigenvalue weighted by molar-refractivity contribution is 0.881. The number of anilines is 1. The molecule has 0 saturated heterocycles. The molecule has 3 heterocycles. The summed E-state index contributed by atoms with van der Waals surface area (Å²) in [5, 5.41) is 28.6. The molecule has 4 rings (SSSR count). The van der Waals surface area contributed by atoms with E-state index in [1.165, 1.54) is 0 Å². The molecule has 0 aliphatic heterocycles. The Morgan fingerprint density at radius 2 is 2.15 bits per heavy atom. The fraction of sp³-hybridized carbons (Fsp3) is 0. The summed E-state index contributed by atoms with van der Waals surface area (Å²) in [7, 11) is 0. The zero-order chi connectivity index (χ0) is 18.5. The summed E-state index contributed by atoms with van der Waals surface area (Å²) in [5.74, 6) is 0.237. The first-order valence-electron chi connectivity index (χ1n) is 7.91. The van der Waals surface area contributed by atoms with Crippen LogP contribution in [0.25, 0.3) is 27.5 Å². The van der Waals surface area contributed by atoms with E-state index < -0.39 is 0 Å². The van der Waals surface area contributed by atoms with Crippen molar-refractivity contribution in [1.82, 2.24) is 30.6 Å². The van der Waals surface area contributed by atoms with Crippen molar-refractivity contribution < 1.29 is 0 Å². The normalized spacial score (nSPS) is 11.1. The molecule has 0 spiro atoms. The minimum Gasteiger partial charge on any atom is -0.360 e. The van der Waals surface area contributed by atoms with Crippen molar-refractivity contribution >= 4 is 22.6 Å². The van der Waals surface area contributed by atoms with Gasteiger partial charge in [0.2, 0.25) is 5.82 Å². The molecule has 0 saturated carbocycles. The first-order chi connectivity index (χ1) is 13.3. The van der Waals surface area contributed by atoms with Crippen molar-refractivity contribution in [3.05, 3.63) is 66.1 Å². The second-order valence-corrected chi connectivity index (χ2v) is 6.24. The van der Waals surface area contributed by atoms with Crippen molar-refractivity contribution in [2.45, 2.75) is 0 Å². The zero-order valence-corrected chi connectivity index (χ0v) is 14.7. The van der Waals surface area contributed by atoms with Crippen molar-refractivity contribution in [3.63, 3.8) is 0 Å². The summed E-state index contributed by atoms with van der Waals surface area (Å²) in [6.45, 7) is 0. The van der Waals surface area contributed by atoms with Crippen LogP contribution in [-0.4, -0.2) is 30.6 Å². The number of thiazole rings is 1. The number of tetrazole rings is 1. The third kappa shape index (κ3) is 3.70. The van der Waals surface area contributed by atoms with Crippen molar-refractivity contribution in [3.8, 4) is 28.0 Å². The number of aromatic nitrogens is 6. The maximum absolute atomic E-state index is 9.23. The molecule has 4 aromatic rings. The molecule has 0 aliphatic carbocycles. The molecule has 8 nitrogen and oxygen atoms in total. The van der Waals surface area contributed by atoms with Gasteiger partial charge in [-0.2, -0.15) is 10.5 Å². The van der Waals surface area contributed by atoms with Gasteiger partial charge >= 0.3 is 0 Å². The quantitative estimate of drug-likeness (QED) is 0.516. The maximum atomic E-state index is 9.23. The van der Waals surface area contributed by atoms with Crippen LogP contribution in [-0.2, 0) is 0 Å². The van der Waals surface area contributed by atoms with E-state index in [-0.39, 0.29) is 11.4 Å². The number of pyridine rings is 1. The maximum Gasteiger partial charge on any atom is 0.216 e. The highest BCUT2D eigenvalue weighted by atomic mass is 32.1. The van der Waals surface area contributed by atoms with E-state index in [9.17, 15) is 5.26 Å². The highest BCUT2D eigenvalue weighted by Crippen LogP contribution is 2.29. The number of H-pyrrole nitrogens is 1. The first-order valence-corrected chi connectivity index (χ1v) is 8.79. The largest absolute Gasteiger partial charge is 0.360 e. The number of rotatable bonds is 5. The van der Waals surface area contributed by atoms with Gasteiger partial charge in [0.25, 0.3) is 0 Å². The molecule has 0 unspecified atom stereocenters. The molecular formula is C18H12N8S. The third-order valence-corrected chi connectivity index (χ3v) is 4.52. The summed E-state index contributed by atoms with van der Waals surface area (Å²) in [5.41, 5.74) is 3.76. The lowest BCUT2D eigenvalue weighted by Crippen LogP contribution is -1.93. The number of aromatic amines is 1. The van der Waals surface area contributed by atoms with Gasteiger partial charge in [-0.25, -0.2) is 4.98 Å². The Hall–Kier alpha value is -3.90. The van der Waals surface area contributed by atoms with Gasteiger partial charge in [0, 0.05) is 29.0 Å². The Labute approximate surface area is 158 Å². The van der Waals surface area contributed by atoms with E-state index in [1.807, 2.05) is 53.9 Å². The monoisotopic (exact) mass is 372 g/mol. The van der Waals surface area contributed by atoms with Gasteiger partial charge in [0.15, 0.2) is 0 Å². The van der Waals surface area contributed by atoms with Crippen LogP contribution in [0.3, 0.4) is 0 Å². The van der Waals surface area contributed by atoms with Gasteiger partial charge in [-0.3, -0.25) is 4.98 Å². The van der Waals surface area contributed by atoms with E-state index in [4.69, 9.17) is 0 Å². The third-order valence-electron chi connectivity index (χ3n) is 3.63. The lowest BCUT2D eigenvalue weighted by atomic mass is 10.2. The highest BCUT2D eigenvalue weighted by Gasteiger charge is 2.09. The van der Waals surface area contributed by atoms with E-state index >= 15 is 0 Å². The van der Waals surface area contributed by atoms with Crippen LogP contribution in [0.2, 0.25) is 0 Å². The number of hydrogen-bond acceptors (Lipinski definition) is 8. The molecule has 0 bridgehead atoms. The molecule has 27 heavy (non-hydrogen) atoms. The van der Waals surface area contributed by atoms with Gasteiger partial charge < -0.3 is 5.32 Å². The average molecular weight is 372 g/mol. The Morgan fingerprint density at radius 3 is 2.93 bits per heavy atom. The van der Waals surface area contributed by atoms with Crippen LogP contribution in [0.15, 0.2) is 60.2 Å². The SMILES string of the molecule is N#CC(=CNc1cccc(-c2nc(-c3ccccn3)cs2)c1)c1nn[nH]n1. The smallest absolute Gasteiger partial charge is 0.216 e. The molecule has 0 amide bonds. The van der Waals surface area contributed by atoms with Gasteiger partial charge in [-0.1, -0.05) is 18.2 Å². The van der Waals surface area contributed by atoms with Gasteiger partial charge in [0.05, 0.1) is 5.69 Å². The number of allylic oxidation sites excluding steroid dienone is 1. The summed E-state index contributed by atoms with van der Waals surface area (Å²) >= 11 is 1.55. The molecule has 3 aromatic heterocycles. The van der Waals surface area contributed by atoms with E-state index in [0.717, 1.165) is 27.6 Å². The average Bonchev–Trinajstić information content (AvgIpc) is 3.42. The second kappa shape index (κ2) is 7.55. The molecule has 9 heteroatoms. The van der Waals surface area contributed by atoms with Crippen LogP contribution in [0.1, 0.15) is 5.82 Å². The first kappa shape index (κ1) is 16.6. The predicted molar refractivity (Wildman–Crippen MR) is 102 cm³/mol. The minimum absolute atomic E-state index is 0.237. The highest BCUT2D eigenvalue weighted by molar-refractivity contribution is 7.13. The molecule has 2 N–H and O–H groups in total. The zero-order valence-electron chi connectivity index (χ0n) is 13.9. The number of benzene rings is 1. The number of hydrogen-bond donors (Lipinski definition) is 2. The van der Waals surface area contributed by atoms with Crippen LogP contribution in [0, 0.1) is 11.3 Å². The summed E-state index contributed by atoms with van der Waals surface area (Å²) in [4.78, 5) is 9.00.